The van der Waals surface area contributed by atoms with Crippen molar-refractivity contribution < 1.29 is 9.53 Å². The highest BCUT2D eigenvalue weighted by Crippen LogP contribution is 2.28. The number of rotatable bonds is 3. The highest BCUT2D eigenvalue weighted by Gasteiger charge is 2.19. The minimum absolute atomic E-state index is 0.241. The largest absolute Gasteiger partial charge is 0.462 e. The van der Waals surface area contributed by atoms with Crippen LogP contribution in [0.3, 0.4) is 0 Å². The molecule has 2 heterocycles. The van der Waals surface area contributed by atoms with E-state index in [1.165, 1.54) is 22.2 Å². The Hall–Kier alpha value is -2.41. The number of nitrogens with zero attached hydrogens (tertiary/aromatic N) is 3. The van der Waals surface area contributed by atoms with E-state index in [1.54, 1.807) is 6.92 Å². The molecule has 0 amide bonds. The van der Waals surface area contributed by atoms with Gasteiger partial charge in [-0.3, -0.25) is 0 Å². The molecular weight excluding hydrogens is 288 g/mol. The fraction of sp³-hybridized carbons (Fsp3) is 0.214. The Morgan fingerprint density at radius 3 is 3.00 bits per heavy atom. The number of carbonyl (C=O) groups excluding carboxylic acids is 1. The number of hydrogen-bond donors (Lipinski definition) is 1. The molecule has 0 unspecified atom stereocenters. The highest BCUT2D eigenvalue weighted by molar-refractivity contribution is 7.20. The Kier molecular flexibility index (Phi) is 3.34. The fourth-order valence-electron chi connectivity index (χ4n) is 2.04. The molecule has 0 bridgehead atoms. The minimum Gasteiger partial charge on any atom is -0.462 e. The van der Waals surface area contributed by atoms with Gasteiger partial charge in [-0.1, -0.05) is 23.5 Å². The first-order valence-electron chi connectivity index (χ1n) is 6.49. The van der Waals surface area contributed by atoms with Crippen LogP contribution >= 0.6 is 11.3 Å². The Morgan fingerprint density at radius 2 is 2.29 bits per heavy atom. The molecule has 7 heteroatoms. The molecule has 0 spiro atoms. The summed E-state index contributed by atoms with van der Waals surface area (Å²) in [5.41, 5.74) is 8.26. The monoisotopic (exact) mass is 302 g/mol. The molecule has 3 rings (SSSR count). The zero-order valence-corrected chi connectivity index (χ0v) is 12.5. The molecule has 0 aliphatic carbocycles. The maximum Gasteiger partial charge on any atom is 0.343 e. The molecule has 0 saturated carbocycles. The summed E-state index contributed by atoms with van der Waals surface area (Å²) in [6.07, 6.45) is 1.41. The van der Waals surface area contributed by atoms with Gasteiger partial charge in [-0.25, -0.2) is 9.78 Å². The number of benzene rings is 1. The second-order valence-corrected chi connectivity index (χ2v) is 5.50. The number of aromatic nitrogens is 3. The number of nitrogen functional groups attached to an aromatic ring is 1. The van der Waals surface area contributed by atoms with Gasteiger partial charge in [0.25, 0.3) is 0 Å². The minimum atomic E-state index is -0.474. The number of para-hydroxylation sites is 1. The molecule has 108 valence electrons. The molecule has 0 saturated heterocycles. The van der Waals surface area contributed by atoms with Gasteiger partial charge in [-0.05, 0) is 25.5 Å². The molecule has 0 fully saturated rings. The molecule has 0 aliphatic heterocycles. The van der Waals surface area contributed by atoms with Gasteiger partial charge >= 0.3 is 5.97 Å². The van der Waals surface area contributed by atoms with Crippen LogP contribution in [-0.2, 0) is 4.74 Å². The second kappa shape index (κ2) is 5.17. The number of ether oxygens (including phenoxy) is 1. The number of nitrogens with two attached hydrogens (primary N) is 1. The van der Waals surface area contributed by atoms with E-state index >= 15 is 0 Å². The number of esters is 1. The number of fused-ring (bicyclic) bond motifs is 1. The van der Waals surface area contributed by atoms with E-state index in [9.17, 15) is 4.79 Å². The first kappa shape index (κ1) is 13.6. The lowest BCUT2D eigenvalue weighted by Gasteiger charge is -2.01. The average Bonchev–Trinajstić information content (AvgIpc) is 3.03. The van der Waals surface area contributed by atoms with Crippen molar-refractivity contribution in [3.05, 3.63) is 35.5 Å². The van der Waals surface area contributed by atoms with Crippen molar-refractivity contribution in [2.75, 3.05) is 12.3 Å². The zero-order chi connectivity index (χ0) is 15.0. The topological polar surface area (TPSA) is 83.0 Å². The Balaban J connectivity index is 2.07. The summed E-state index contributed by atoms with van der Waals surface area (Å²) < 4.78 is 7.47. The van der Waals surface area contributed by atoms with Gasteiger partial charge in [-0.2, -0.15) is 9.78 Å². The van der Waals surface area contributed by atoms with Crippen molar-refractivity contribution in [3.8, 4) is 5.13 Å². The summed E-state index contributed by atoms with van der Waals surface area (Å²) >= 11 is 1.47. The Labute approximate surface area is 125 Å². The first-order valence-corrected chi connectivity index (χ1v) is 7.30. The van der Waals surface area contributed by atoms with Crippen molar-refractivity contribution in [3.63, 3.8) is 0 Å². The smallest absolute Gasteiger partial charge is 0.343 e. The van der Waals surface area contributed by atoms with E-state index in [1.807, 2.05) is 25.1 Å². The normalized spacial score (nSPS) is 11.0. The Bertz CT molecular complexity index is 822. The zero-order valence-electron chi connectivity index (χ0n) is 11.7. The summed E-state index contributed by atoms with van der Waals surface area (Å²) in [6, 6.07) is 5.98. The van der Waals surface area contributed by atoms with Crippen molar-refractivity contribution in [1.82, 2.24) is 14.8 Å². The third-order valence-corrected chi connectivity index (χ3v) is 4.09. The first-order chi connectivity index (χ1) is 10.1. The van der Waals surface area contributed by atoms with E-state index in [0.717, 1.165) is 15.8 Å². The lowest BCUT2D eigenvalue weighted by atomic mass is 10.2. The van der Waals surface area contributed by atoms with Crippen LogP contribution in [0.4, 0.5) is 5.82 Å². The fourth-order valence-corrected chi connectivity index (χ4v) is 3.06. The van der Waals surface area contributed by atoms with Crippen LogP contribution in [-0.4, -0.2) is 27.3 Å². The molecule has 2 N–H and O–H groups in total. The predicted octanol–water partition coefficient (Wildman–Crippen LogP) is 2.55. The lowest BCUT2D eigenvalue weighted by Crippen LogP contribution is -2.08. The molecule has 1 aromatic carbocycles. The van der Waals surface area contributed by atoms with Crippen molar-refractivity contribution in [1.29, 1.82) is 0 Å². The quantitative estimate of drug-likeness (QED) is 0.752. The van der Waals surface area contributed by atoms with Crippen LogP contribution in [0.25, 0.3) is 15.3 Å². The van der Waals surface area contributed by atoms with E-state index in [0.29, 0.717) is 11.7 Å². The van der Waals surface area contributed by atoms with Crippen LogP contribution in [0.2, 0.25) is 0 Å². The molecule has 0 atom stereocenters. The summed E-state index contributed by atoms with van der Waals surface area (Å²) in [6.45, 7) is 4.04. The summed E-state index contributed by atoms with van der Waals surface area (Å²) in [7, 11) is 0. The standard InChI is InChI=1S/C14H14N4O2S/c1-3-20-13(19)9-7-16-18(12(9)15)14-17-11-8(2)5-4-6-10(11)21-14/h4-7H,3,15H2,1-2H3. The molecule has 3 aromatic rings. The van der Waals surface area contributed by atoms with Crippen molar-refractivity contribution in [2.24, 2.45) is 0 Å². The second-order valence-electron chi connectivity index (χ2n) is 4.49. The van der Waals surface area contributed by atoms with Crippen molar-refractivity contribution >= 4 is 33.3 Å². The van der Waals surface area contributed by atoms with Crippen LogP contribution in [0, 0.1) is 6.92 Å². The Morgan fingerprint density at radius 1 is 1.48 bits per heavy atom. The molecule has 21 heavy (non-hydrogen) atoms. The highest BCUT2D eigenvalue weighted by atomic mass is 32.1. The number of carbonyl (C=O) groups is 1. The van der Waals surface area contributed by atoms with Gasteiger partial charge in [0.05, 0.1) is 23.0 Å². The molecule has 0 aliphatic rings. The van der Waals surface area contributed by atoms with E-state index in [-0.39, 0.29) is 11.4 Å². The van der Waals surface area contributed by atoms with Gasteiger partial charge in [0.1, 0.15) is 11.4 Å². The van der Waals surface area contributed by atoms with Crippen LogP contribution in [0.5, 0.6) is 0 Å². The lowest BCUT2D eigenvalue weighted by molar-refractivity contribution is 0.0527. The van der Waals surface area contributed by atoms with E-state index in [4.69, 9.17) is 10.5 Å². The number of anilines is 1. The number of aryl methyl sites for hydroxylation is 1. The number of hydrogen-bond acceptors (Lipinski definition) is 6. The summed E-state index contributed by atoms with van der Waals surface area (Å²) in [5, 5.41) is 4.78. The molecular formula is C14H14N4O2S. The van der Waals surface area contributed by atoms with E-state index in [2.05, 4.69) is 10.1 Å². The van der Waals surface area contributed by atoms with Gasteiger partial charge < -0.3 is 10.5 Å². The third-order valence-electron chi connectivity index (χ3n) is 3.09. The van der Waals surface area contributed by atoms with Gasteiger partial charge in [0.15, 0.2) is 0 Å². The molecule has 0 radical (unpaired) electrons. The van der Waals surface area contributed by atoms with E-state index < -0.39 is 5.97 Å². The summed E-state index contributed by atoms with van der Waals surface area (Å²) in [4.78, 5) is 16.3. The van der Waals surface area contributed by atoms with Crippen LogP contribution in [0.15, 0.2) is 24.4 Å². The van der Waals surface area contributed by atoms with Gasteiger partial charge in [0, 0.05) is 0 Å². The molecule has 2 aromatic heterocycles. The van der Waals surface area contributed by atoms with Gasteiger partial charge in [-0.15, -0.1) is 0 Å². The SMILES string of the molecule is CCOC(=O)c1cnn(-c2nc3c(C)cccc3s2)c1N. The predicted molar refractivity (Wildman–Crippen MR) is 81.8 cm³/mol. The van der Waals surface area contributed by atoms with Crippen molar-refractivity contribution in [2.45, 2.75) is 13.8 Å². The number of thiazole rings is 1. The van der Waals surface area contributed by atoms with Crippen LogP contribution < -0.4 is 5.73 Å². The summed E-state index contributed by atoms with van der Waals surface area (Å²) in [5.74, 6) is -0.233. The van der Waals surface area contributed by atoms with Crippen LogP contribution in [0.1, 0.15) is 22.8 Å². The van der Waals surface area contributed by atoms with Gasteiger partial charge in [0.2, 0.25) is 5.13 Å². The maximum absolute atomic E-state index is 11.8. The molecule has 6 nitrogen and oxygen atoms in total. The average molecular weight is 302 g/mol. The third kappa shape index (κ3) is 2.25. The maximum atomic E-state index is 11.8.